The molecule has 0 radical (unpaired) electrons. The average Bonchev–Trinajstić information content (AvgIpc) is 2.64. The smallest absolute Gasteiger partial charge is 0.171 e. The molecule has 1 fully saturated rings. The molecule has 1 saturated carbocycles. The first-order valence-corrected chi connectivity index (χ1v) is 10.0. The molecule has 0 bridgehead atoms. The third-order valence-electron chi connectivity index (χ3n) is 5.37. The van der Waals surface area contributed by atoms with Gasteiger partial charge >= 0.3 is 0 Å². The van der Waals surface area contributed by atoms with E-state index in [2.05, 4.69) is 28.8 Å². The second-order valence-electron chi connectivity index (χ2n) is 7.25. The van der Waals surface area contributed by atoms with E-state index in [4.69, 9.17) is 28.6 Å². The number of halogens is 1. The Morgan fingerprint density at radius 3 is 2.54 bits per heavy atom. The van der Waals surface area contributed by atoms with Gasteiger partial charge in [-0.3, -0.25) is 0 Å². The molecule has 2 N–H and O–H groups in total. The summed E-state index contributed by atoms with van der Waals surface area (Å²) in [7, 11) is 0. The van der Waals surface area contributed by atoms with Crippen LogP contribution < -0.4 is 15.4 Å². The van der Waals surface area contributed by atoms with Gasteiger partial charge in [-0.05, 0) is 68.2 Å². The van der Waals surface area contributed by atoms with Crippen LogP contribution in [0.5, 0.6) is 5.75 Å². The highest BCUT2D eigenvalue weighted by atomic mass is 35.5. The van der Waals surface area contributed by atoms with Gasteiger partial charge in [-0.25, -0.2) is 0 Å². The van der Waals surface area contributed by atoms with Crippen LogP contribution in [0.1, 0.15) is 50.1 Å². The molecular formula is C21H23ClN2OS. The maximum atomic E-state index is 6.49. The summed E-state index contributed by atoms with van der Waals surface area (Å²) in [5.74, 6) is 0.993. The van der Waals surface area contributed by atoms with Crippen LogP contribution in [-0.2, 0) is 0 Å². The van der Waals surface area contributed by atoms with E-state index >= 15 is 0 Å². The second-order valence-corrected chi connectivity index (χ2v) is 8.09. The van der Waals surface area contributed by atoms with E-state index in [1.807, 2.05) is 30.3 Å². The van der Waals surface area contributed by atoms with Crippen LogP contribution in [0.3, 0.4) is 0 Å². The highest BCUT2D eigenvalue weighted by Crippen LogP contribution is 2.46. The Labute approximate surface area is 165 Å². The van der Waals surface area contributed by atoms with Gasteiger partial charge in [-0.2, -0.15) is 0 Å². The molecule has 4 rings (SSSR count). The lowest BCUT2D eigenvalue weighted by atomic mass is 9.77. The van der Waals surface area contributed by atoms with Gasteiger partial charge in [-0.1, -0.05) is 36.2 Å². The number of ether oxygens (including phenoxy) is 1. The van der Waals surface area contributed by atoms with E-state index in [9.17, 15) is 0 Å². The summed E-state index contributed by atoms with van der Waals surface area (Å²) in [6.45, 7) is 0. The van der Waals surface area contributed by atoms with Gasteiger partial charge < -0.3 is 15.4 Å². The summed E-state index contributed by atoms with van der Waals surface area (Å²) in [4.78, 5) is 0. The minimum Gasteiger partial charge on any atom is -0.487 e. The Hall–Kier alpha value is -1.78. The van der Waals surface area contributed by atoms with Crippen molar-refractivity contribution in [2.45, 2.75) is 50.2 Å². The van der Waals surface area contributed by atoms with E-state index in [-0.39, 0.29) is 11.6 Å². The highest BCUT2D eigenvalue weighted by Gasteiger charge is 2.41. The molecule has 0 saturated heterocycles. The minimum absolute atomic E-state index is 0.0554. The second kappa shape index (κ2) is 7.45. The number of fused-ring (bicyclic) bond motifs is 1. The molecule has 0 amide bonds. The van der Waals surface area contributed by atoms with Gasteiger partial charge in [0.05, 0.1) is 6.04 Å². The van der Waals surface area contributed by atoms with Crippen molar-refractivity contribution in [3.8, 4) is 5.75 Å². The zero-order valence-corrected chi connectivity index (χ0v) is 16.2. The van der Waals surface area contributed by atoms with Crippen molar-refractivity contribution in [2.75, 3.05) is 5.32 Å². The van der Waals surface area contributed by atoms with Crippen LogP contribution in [0.15, 0.2) is 48.5 Å². The lowest BCUT2D eigenvalue weighted by Gasteiger charge is -2.45. The third kappa shape index (κ3) is 3.81. The van der Waals surface area contributed by atoms with Crippen LogP contribution in [-0.4, -0.2) is 10.7 Å². The first kappa shape index (κ1) is 17.6. The predicted molar refractivity (Wildman–Crippen MR) is 111 cm³/mol. The zero-order valence-electron chi connectivity index (χ0n) is 14.6. The largest absolute Gasteiger partial charge is 0.487 e. The Morgan fingerprint density at radius 2 is 1.77 bits per heavy atom. The summed E-state index contributed by atoms with van der Waals surface area (Å²) >= 11 is 11.5. The van der Waals surface area contributed by atoms with Crippen molar-refractivity contribution in [2.24, 2.45) is 0 Å². The summed E-state index contributed by atoms with van der Waals surface area (Å²) in [6.07, 6.45) is 6.98. The normalized spacial score (nSPS) is 20.7. The molecule has 0 aromatic heterocycles. The number of anilines is 1. The minimum atomic E-state index is -0.0554. The van der Waals surface area contributed by atoms with Crippen LogP contribution in [0.25, 0.3) is 0 Å². The Bertz CT molecular complexity index is 787. The lowest BCUT2D eigenvalue weighted by Crippen LogP contribution is -2.47. The average molecular weight is 387 g/mol. The zero-order chi connectivity index (χ0) is 18.0. The monoisotopic (exact) mass is 386 g/mol. The molecule has 1 heterocycles. The number of nitrogens with one attached hydrogen (secondary N) is 2. The van der Waals surface area contributed by atoms with E-state index in [0.29, 0.717) is 10.1 Å². The van der Waals surface area contributed by atoms with Crippen molar-refractivity contribution in [3.05, 3.63) is 59.1 Å². The van der Waals surface area contributed by atoms with Gasteiger partial charge in [0, 0.05) is 22.7 Å². The van der Waals surface area contributed by atoms with Crippen LogP contribution in [0.2, 0.25) is 5.02 Å². The molecular weight excluding hydrogens is 364 g/mol. The number of thiocarbonyl (C=S) groups is 1. The van der Waals surface area contributed by atoms with Crippen molar-refractivity contribution in [1.29, 1.82) is 0 Å². The predicted octanol–water partition coefficient (Wildman–Crippen LogP) is 5.85. The van der Waals surface area contributed by atoms with Crippen molar-refractivity contribution < 1.29 is 4.74 Å². The number of rotatable bonds is 2. The first-order valence-electron chi connectivity index (χ1n) is 9.25. The molecule has 1 spiro atoms. The highest BCUT2D eigenvalue weighted by molar-refractivity contribution is 7.80. The summed E-state index contributed by atoms with van der Waals surface area (Å²) in [6, 6.07) is 16.0. The van der Waals surface area contributed by atoms with E-state index in [1.165, 1.54) is 24.8 Å². The lowest BCUT2D eigenvalue weighted by molar-refractivity contribution is -0.000309. The van der Waals surface area contributed by atoms with E-state index < -0.39 is 0 Å². The van der Waals surface area contributed by atoms with Gasteiger partial charge in [-0.15, -0.1) is 0 Å². The third-order valence-corrected chi connectivity index (χ3v) is 5.84. The van der Waals surface area contributed by atoms with Gasteiger partial charge in [0.1, 0.15) is 11.4 Å². The standard InChI is InChI=1S/C21H23ClN2OS/c22-15-8-10-16(11-9-15)23-20(26)24-18-14-21(12-4-1-5-13-21)25-19-7-3-2-6-17(18)19/h2-3,6-11,18H,1,4-5,12-14H2,(H2,23,24,26)/t18-/m0/s1. The fourth-order valence-electron chi connectivity index (χ4n) is 4.11. The van der Waals surface area contributed by atoms with Gasteiger partial charge in [0.15, 0.2) is 5.11 Å². The molecule has 1 aliphatic carbocycles. The number of para-hydroxylation sites is 1. The molecule has 0 unspecified atom stereocenters. The maximum Gasteiger partial charge on any atom is 0.171 e. The molecule has 1 aliphatic heterocycles. The molecule has 2 aromatic rings. The fraction of sp³-hybridized carbons (Fsp3) is 0.381. The number of hydrogen-bond acceptors (Lipinski definition) is 2. The molecule has 1 atom stereocenters. The molecule has 136 valence electrons. The van der Waals surface area contributed by atoms with Crippen LogP contribution in [0.4, 0.5) is 5.69 Å². The molecule has 2 aromatic carbocycles. The van der Waals surface area contributed by atoms with Crippen LogP contribution >= 0.6 is 23.8 Å². The van der Waals surface area contributed by atoms with Gasteiger partial charge in [0.25, 0.3) is 0 Å². The Kier molecular flexibility index (Phi) is 5.05. The van der Waals surface area contributed by atoms with Crippen molar-refractivity contribution in [3.63, 3.8) is 0 Å². The Morgan fingerprint density at radius 1 is 1.04 bits per heavy atom. The SMILES string of the molecule is S=C(Nc1ccc(Cl)cc1)N[C@H]1CC2(CCCCC2)Oc2ccccc21. The first-order chi connectivity index (χ1) is 12.6. The number of hydrogen-bond donors (Lipinski definition) is 2. The molecule has 26 heavy (non-hydrogen) atoms. The summed E-state index contributed by atoms with van der Waals surface area (Å²) in [5, 5.41) is 8.12. The van der Waals surface area contributed by atoms with E-state index in [0.717, 1.165) is 30.7 Å². The quantitative estimate of drug-likeness (QED) is 0.634. The fourth-order valence-corrected chi connectivity index (χ4v) is 4.49. The molecule has 3 nitrogen and oxygen atoms in total. The topological polar surface area (TPSA) is 33.3 Å². The summed E-state index contributed by atoms with van der Waals surface area (Å²) in [5.41, 5.74) is 2.06. The molecule has 5 heteroatoms. The van der Waals surface area contributed by atoms with E-state index in [1.54, 1.807) is 0 Å². The van der Waals surface area contributed by atoms with Gasteiger partial charge in [0.2, 0.25) is 0 Å². The van der Waals surface area contributed by atoms with Crippen LogP contribution in [0, 0.1) is 0 Å². The maximum absolute atomic E-state index is 6.49. The molecule has 2 aliphatic rings. The van der Waals surface area contributed by atoms with Crippen molar-refractivity contribution >= 4 is 34.6 Å². The summed E-state index contributed by atoms with van der Waals surface area (Å²) < 4.78 is 6.49. The number of benzene rings is 2. The Balaban J connectivity index is 1.52. The van der Waals surface area contributed by atoms with Crippen molar-refractivity contribution in [1.82, 2.24) is 5.32 Å².